The zero-order valence-electron chi connectivity index (χ0n) is 21.9. The molecule has 1 unspecified atom stereocenters. The average molecular weight is 605 g/mol. The summed E-state index contributed by atoms with van der Waals surface area (Å²) in [5.41, 5.74) is 0.556. The molecule has 0 spiro atoms. The van der Waals surface area contributed by atoms with Crippen LogP contribution in [0.1, 0.15) is 57.4 Å². The van der Waals surface area contributed by atoms with Crippen LogP contribution in [0.15, 0.2) is 36.4 Å². The molecule has 214 valence electrons. The molecule has 1 aliphatic rings. The molecule has 1 fully saturated rings. The van der Waals surface area contributed by atoms with E-state index >= 15 is 0 Å². The minimum atomic E-state index is -3.84. The summed E-state index contributed by atoms with van der Waals surface area (Å²) in [5, 5.41) is 3.83. The summed E-state index contributed by atoms with van der Waals surface area (Å²) in [4.78, 5) is 28.0. The van der Waals surface area contributed by atoms with E-state index in [0.717, 1.165) is 60.9 Å². The number of amides is 2. The topological polar surface area (TPSA) is 86.8 Å². The first-order chi connectivity index (χ1) is 18.4. The van der Waals surface area contributed by atoms with Crippen LogP contribution in [0.3, 0.4) is 0 Å². The lowest BCUT2D eigenvalue weighted by Crippen LogP contribution is -2.50. The van der Waals surface area contributed by atoms with E-state index in [2.05, 4.69) is 5.32 Å². The summed E-state index contributed by atoms with van der Waals surface area (Å²) in [5.74, 6) is -2.94. The van der Waals surface area contributed by atoms with E-state index in [1.54, 1.807) is 25.1 Å². The first-order valence-electron chi connectivity index (χ1n) is 12.8. The Hall–Kier alpha value is -2.43. The summed E-state index contributed by atoms with van der Waals surface area (Å²) >= 11 is 12.4. The SMILES string of the molecule is CC(C(=O)NC1CCCCC1)N(Cc1ccc(Cl)cc1Cl)C(=O)CCCN(c1ccc(F)c(F)c1)S(C)(=O)=O. The predicted octanol–water partition coefficient (Wildman–Crippen LogP) is 5.68. The van der Waals surface area contributed by atoms with Gasteiger partial charge in [-0.1, -0.05) is 48.5 Å². The van der Waals surface area contributed by atoms with Gasteiger partial charge in [-0.3, -0.25) is 13.9 Å². The van der Waals surface area contributed by atoms with Crippen LogP contribution in [-0.2, 0) is 26.2 Å². The Labute approximate surface area is 238 Å². The van der Waals surface area contributed by atoms with Crippen molar-refractivity contribution in [3.63, 3.8) is 0 Å². The number of sulfonamides is 1. The van der Waals surface area contributed by atoms with E-state index in [9.17, 15) is 26.8 Å². The fourth-order valence-electron chi connectivity index (χ4n) is 4.63. The Bertz CT molecular complexity index is 1290. The molecule has 0 radical (unpaired) electrons. The van der Waals surface area contributed by atoms with Gasteiger partial charge in [0.2, 0.25) is 21.8 Å². The molecule has 1 saturated carbocycles. The third-order valence-corrected chi connectivity index (χ3v) is 8.60. The van der Waals surface area contributed by atoms with E-state index in [1.165, 1.54) is 4.90 Å². The molecule has 7 nitrogen and oxygen atoms in total. The van der Waals surface area contributed by atoms with E-state index in [-0.39, 0.29) is 49.5 Å². The van der Waals surface area contributed by atoms with E-state index in [4.69, 9.17) is 23.2 Å². The van der Waals surface area contributed by atoms with Gasteiger partial charge in [0.15, 0.2) is 11.6 Å². The van der Waals surface area contributed by atoms with Crippen LogP contribution >= 0.6 is 23.2 Å². The molecule has 1 atom stereocenters. The minimum Gasteiger partial charge on any atom is -0.352 e. The van der Waals surface area contributed by atoms with Gasteiger partial charge >= 0.3 is 0 Å². The van der Waals surface area contributed by atoms with Crippen molar-refractivity contribution < 1.29 is 26.8 Å². The minimum absolute atomic E-state index is 0.0473. The number of hydrogen-bond donors (Lipinski definition) is 1. The van der Waals surface area contributed by atoms with Crippen molar-refractivity contribution in [2.45, 2.75) is 70.5 Å². The first kappa shape index (κ1) is 31.1. The van der Waals surface area contributed by atoms with Crippen LogP contribution in [0, 0.1) is 11.6 Å². The van der Waals surface area contributed by atoms with Gasteiger partial charge in [-0.15, -0.1) is 0 Å². The van der Waals surface area contributed by atoms with Gasteiger partial charge in [-0.25, -0.2) is 17.2 Å². The first-order valence-corrected chi connectivity index (χ1v) is 15.4. The van der Waals surface area contributed by atoms with Crippen molar-refractivity contribution in [1.29, 1.82) is 0 Å². The number of carbonyl (C=O) groups is 2. The lowest BCUT2D eigenvalue weighted by atomic mass is 9.95. The molecule has 3 rings (SSSR count). The lowest BCUT2D eigenvalue weighted by molar-refractivity contribution is -0.141. The second-order valence-corrected chi connectivity index (χ2v) is 12.6. The number of anilines is 1. The fourth-order valence-corrected chi connectivity index (χ4v) is 6.05. The smallest absolute Gasteiger partial charge is 0.242 e. The van der Waals surface area contributed by atoms with E-state index in [0.29, 0.717) is 15.6 Å². The molecular weight excluding hydrogens is 571 g/mol. The molecule has 39 heavy (non-hydrogen) atoms. The maximum atomic E-state index is 13.8. The number of benzene rings is 2. The Kier molecular flexibility index (Phi) is 11.0. The van der Waals surface area contributed by atoms with Gasteiger partial charge in [0, 0.05) is 41.7 Å². The van der Waals surface area contributed by atoms with E-state index in [1.807, 2.05) is 0 Å². The summed E-state index contributed by atoms with van der Waals surface area (Å²) in [6.07, 6.45) is 5.92. The fraction of sp³-hybridized carbons (Fsp3) is 0.481. The van der Waals surface area contributed by atoms with E-state index < -0.39 is 27.7 Å². The van der Waals surface area contributed by atoms with Crippen molar-refractivity contribution in [3.8, 4) is 0 Å². The molecule has 12 heteroatoms. The quantitative estimate of drug-likeness (QED) is 0.358. The number of nitrogens with zero attached hydrogens (tertiary/aromatic N) is 2. The van der Waals surface area contributed by atoms with Gasteiger partial charge in [0.25, 0.3) is 0 Å². The zero-order chi connectivity index (χ0) is 28.7. The Morgan fingerprint density at radius 2 is 1.74 bits per heavy atom. The zero-order valence-corrected chi connectivity index (χ0v) is 24.3. The Balaban J connectivity index is 1.75. The van der Waals surface area contributed by atoms with Crippen LogP contribution in [-0.4, -0.2) is 50.0 Å². The van der Waals surface area contributed by atoms with Crippen molar-refractivity contribution >= 4 is 50.7 Å². The average Bonchev–Trinajstić information content (AvgIpc) is 2.87. The second-order valence-electron chi connectivity index (χ2n) is 9.81. The van der Waals surface area contributed by atoms with Crippen LogP contribution in [0.2, 0.25) is 10.0 Å². The molecule has 1 aliphatic carbocycles. The standard InChI is InChI=1S/C27H33Cl2F2N3O4S/c1-18(27(36)32-21-7-4-3-5-8-21)33(17-19-10-11-20(28)15-23(19)29)26(35)9-6-14-34(39(2,37)38)22-12-13-24(30)25(31)16-22/h10-13,15-16,18,21H,3-9,14,17H2,1-2H3,(H,32,36). The maximum absolute atomic E-state index is 13.8. The van der Waals surface area contributed by atoms with Gasteiger partial charge < -0.3 is 10.2 Å². The van der Waals surface area contributed by atoms with Crippen LogP contribution in [0.4, 0.5) is 14.5 Å². The van der Waals surface area contributed by atoms with Crippen LogP contribution < -0.4 is 9.62 Å². The molecule has 0 heterocycles. The van der Waals surface area contributed by atoms with Gasteiger partial charge in [-0.05, 0) is 56.0 Å². The summed E-state index contributed by atoms with van der Waals surface area (Å²) in [7, 11) is -3.84. The highest BCUT2D eigenvalue weighted by atomic mass is 35.5. The highest BCUT2D eigenvalue weighted by Gasteiger charge is 2.29. The summed E-state index contributed by atoms with van der Waals surface area (Å²) in [6, 6.07) is 6.93. The molecule has 0 aromatic heterocycles. The van der Waals surface area contributed by atoms with Crippen molar-refractivity contribution in [2.24, 2.45) is 0 Å². The van der Waals surface area contributed by atoms with Crippen molar-refractivity contribution in [3.05, 3.63) is 63.6 Å². The second kappa shape index (κ2) is 13.8. The number of nitrogens with one attached hydrogen (secondary N) is 1. The van der Waals surface area contributed by atoms with Crippen molar-refractivity contribution in [1.82, 2.24) is 10.2 Å². The molecule has 2 aromatic rings. The maximum Gasteiger partial charge on any atom is 0.242 e. The van der Waals surface area contributed by atoms with Gasteiger partial charge in [0.1, 0.15) is 6.04 Å². The highest BCUT2D eigenvalue weighted by molar-refractivity contribution is 7.92. The number of halogens is 4. The summed E-state index contributed by atoms with van der Waals surface area (Å²) < 4.78 is 52.8. The lowest BCUT2D eigenvalue weighted by Gasteiger charge is -2.32. The third-order valence-electron chi connectivity index (χ3n) is 6.82. The molecule has 2 amide bonds. The molecule has 0 saturated heterocycles. The predicted molar refractivity (Wildman–Crippen MR) is 149 cm³/mol. The molecule has 2 aromatic carbocycles. The number of hydrogen-bond acceptors (Lipinski definition) is 4. The van der Waals surface area contributed by atoms with Gasteiger partial charge in [0.05, 0.1) is 11.9 Å². The van der Waals surface area contributed by atoms with Crippen molar-refractivity contribution in [2.75, 3.05) is 17.1 Å². The van der Waals surface area contributed by atoms with Gasteiger partial charge in [-0.2, -0.15) is 0 Å². The molecule has 0 aliphatic heterocycles. The Morgan fingerprint density at radius 3 is 2.36 bits per heavy atom. The number of carbonyl (C=O) groups excluding carboxylic acids is 2. The molecule has 1 N–H and O–H groups in total. The highest BCUT2D eigenvalue weighted by Crippen LogP contribution is 2.25. The largest absolute Gasteiger partial charge is 0.352 e. The summed E-state index contributed by atoms with van der Waals surface area (Å²) in [6.45, 7) is 1.55. The van der Waals surface area contributed by atoms with Crippen LogP contribution in [0.25, 0.3) is 0 Å². The van der Waals surface area contributed by atoms with Crippen LogP contribution in [0.5, 0.6) is 0 Å². The molecule has 0 bridgehead atoms. The molecular formula is C27H33Cl2F2N3O4S. The monoisotopic (exact) mass is 603 g/mol. The number of rotatable bonds is 11. The normalized spacial score (nSPS) is 15.0. The third kappa shape index (κ3) is 8.78. The Morgan fingerprint density at radius 1 is 1.05 bits per heavy atom.